The zero-order valence-corrected chi connectivity index (χ0v) is 9.59. The van der Waals surface area contributed by atoms with Crippen LogP contribution in [0.25, 0.3) is 0 Å². The van der Waals surface area contributed by atoms with Gasteiger partial charge in [0.15, 0.2) is 5.82 Å². The number of hydrogen-bond donors (Lipinski definition) is 1. The minimum Gasteiger partial charge on any atom is -0.290 e. The number of Topliss-reactive ketones (excluding diaryl/α,β-unsaturated/α-hetero) is 1. The number of carbonyl (C=O) groups is 1. The van der Waals surface area contributed by atoms with Crippen LogP contribution in [0.1, 0.15) is 16.2 Å². The monoisotopic (exact) mass is 255 g/mol. The number of ketones is 1. The molecule has 0 amide bonds. The molecule has 0 saturated carbocycles. The van der Waals surface area contributed by atoms with E-state index in [4.69, 9.17) is 23.2 Å². The quantitative estimate of drug-likeness (QED) is 0.858. The summed E-state index contributed by atoms with van der Waals surface area (Å²) in [7, 11) is 0. The first-order valence-corrected chi connectivity index (χ1v) is 5.25. The van der Waals surface area contributed by atoms with Crippen molar-refractivity contribution >= 4 is 29.0 Å². The lowest BCUT2D eigenvalue weighted by molar-refractivity contribution is 0.0983. The third-order valence-corrected chi connectivity index (χ3v) is 2.77. The zero-order valence-electron chi connectivity index (χ0n) is 8.08. The van der Waals surface area contributed by atoms with E-state index >= 15 is 0 Å². The molecule has 1 aromatic heterocycles. The molecule has 6 heteroatoms. The third-order valence-electron chi connectivity index (χ3n) is 2.03. The van der Waals surface area contributed by atoms with Crippen molar-refractivity contribution in [1.82, 2.24) is 15.2 Å². The van der Waals surface area contributed by atoms with Crippen molar-refractivity contribution in [2.45, 2.75) is 6.42 Å². The molecule has 1 aromatic carbocycles. The highest BCUT2D eigenvalue weighted by Crippen LogP contribution is 2.23. The SMILES string of the molecule is O=C(Cc1ccc(Cl)c(Cl)c1)c1ncn[nH]1. The summed E-state index contributed by atoms with van der Waals surface area (Å²) in [6, 6.07) is 5.08. The van der Waals surface area contributed by atoms with Gasteiger partial charge < -0.3 is 0 Å². The van der Waals surface area contributed by atoms with E-state index in [1.807, 2.05) is 0 Å². The molecule has 0 radical (unpaired) electrons. The molecule has 1 heterocycles. The number of benzene rings is 1. The number of halogens is 2. The molecule has 0 spiro atoms. The molecule has 0 aliphatic heterocycles. The summed E-state index contributed by atoms with van der Waals surface area (Å²) in [5.74, 6) is 0.0990. The Hall–Kier alpha value is -1.39. The van der Waals surface area contributed by atoms with Gasteiger partial charge in [-0.15, -0.1) is 0 Å². The molecule has 2 rings (SSSR count). The Morgan fingerprint density at radius 2 is 2.12 bits per heavy atom. The molecule has 0 bridgehead atoms. The number of rotatable bonds is 3. The van der Waals surface area contributed by atoms with E-state index in [9.17, 15) is 4.79 Å². The Morgan fingerprint density at radius 3 is 2.75 bits per heavy atom. The summed E-state index contributed by atoms with van der Waals surface area (Å²) in [4.78, 5) is 15.4. The average Bonchev–Trinajstić information content (AvgIpc) is 2.77. The van der Waals surface area contributed by atoms with E-state index in [1.54, 1.807) is 18.2 Å². The summed E-state index contributed by atoms with van der Waals surface area (Å²) < 4.78 is 0. The fourth-order valence-corrected chi connectivity index (χ4v) is 1.58. The van der Waals surface area contributed by atoms with E-state index in [0.717, 1.165) is 5.56 Å². The maximum Gasteiger partial charge on any atom is 0.203 e. The second-order valence-electron chi connectivity index (χ2n) is 3.18. The van der Waals surface area contributed by atoms with E-state index in [-0.39, 0.29) is 18.0 Å². The molecular weight excluding hydrogens is 249 g/mol. The number of aromatic amines is 1. The Kier molecular flexibility index (Phi) is 3.22. The Balaban J connectivity index is 2.15. The van der Waals surface area contributed by atoms with Crippen LogP contribution in [0.4, 0.5) is 0 Å². The van der Waals surface area contributed by atoms with Crippen molar-refractivity contribution in [2.75, 3.05) is 0 Å². The first-order chi connectivity index (χ1) is 7.66. The zero-order chi connectivity index (χ0) is 11.5. The molecule has 82 valence electrons. The van der Waals surface area contributed by atoms with Crippen LogP contribution in [0.15, 0.2) is 24.5 Å². The molecule has 1 N–H and O–H groups in total. The van der Waals surface area contributed by atoms with Gasteiger partial charge in [0, 0.05) is 6.42 Å². The molecule has 0 fully saturated rings. The van der Waals surface area contributed by atoms with Gasteiger partial charge in [-0.2, -0.15) is 5.10 Å². The molecule has 0 aliphatic carbocycles. The van der Waals surface area contributed by atoms with Gasteiger partial charge in [-0.25, -0.2) is 4.98 Å². The lowest BCUT2D eigenvalue weighted by Gasteiger charge is -2.00. The highest BCUT2D eigenvalue weighted by molar-refractivity contribution is 6.42. The minimum atomic E-state index is -0.143. The van der Waals surface area contributed by atoms with Crippen molar-refractivity contribution in [1.29, 1.82) is 0 Å². The van der Waals surface area contributed by atoms with Gasteiger partial charge in [0.2, 0.25) is 5.78 Å². The van der Waals surface area contributed by atoms with Gasteiger partial charge >= 0.3 is 0 Å². The van der Waals surface area contributed by atoms with E-state index in [2.05, 4.69) is 15.2 Å². The smallest absolute Gasteiger partial charge is 0.203 e. The first-order valence-electron chi connectivity index (χ1n) is 4.49. The van der Waals surface area contributed by atoms with Crippen LogP contribution in [0, 0.1) is 0 Å². The van der Waals surface area contributed by atoms with Crippen LogP contribution in [0.5, 0.6) is 0 Å². The highest BCUT2D eigenvalue weighted by Gasteiger charge is 2.10. The molecule has 2 aromatic rings. The first kappa shape index (κ1) is 11.1. The summed E-state index contributed by atoms with van der Waals surface area (Å²) in [6.45, 7) is 0. The van der Waals surface area contributed by atoms with Gasteiger partial charge in [-0.05, 0) is 17.7 Å². The predicted octanol–water partition coefficient (Wildman–Crippen LogP) is 2.54. The Bertz CT molecular complexity index is 511. The maximum absolute atomic E-state index is 11.7. The summed E-state index contributed by atoms with van der Waals surface area (Å²) in [5.41, 5.74) is 0.788. The van der Waals surface area contributed by atoms with Crippen LogP contribution in [-0.2, 0) is 6.42 Å². The Labute approximate surface area is 102 Å². The average molecular weight is 256 g/mol. The van der Waals surface area contributed by atoms with Crippen LogP contribution in [-0.4, -0.2) is 21.0 Å². The summed E-state index contributed by atoms with van der Waals surface area (Å²) in [5, 5.41) is 7.03. The van der Waals surface area contributed by atoms with Crippen LogP contribution in [0.2, 0.25) is 10.0 Å². The number of carbonyl (C=O) groups excluding carboxylic acids is 1. The fourth-order valence-electron chi connectivity index (χ4n) is 1.26. The van der Waals surface area contributed by atoms with Crippen molar-refractivity contribution in [3.63, 3.8) is 0 Å². The van der Waals surface area contributed by atoms with Crippen molar-refractivity contribution in [3.8, 4) is 0 Å². The van der Waals surface area contributed by atoms with Gasteiger partial charge in [-0.3, -0.25) is 9.89 Å². The van der Waals surface area contributed by atoms with Gasteiger partial charge in [-0.1, -0.05) is 29.3 Å². The second-order valence-corrected chi connectivity index (χ2v) is 4.00. The molecule has 0 aliphatic rings. The van der Waals surface area contributed by atoms with Crippen molar-refractivity contribution in [2.24, 2.45) is 0 Å². The number of nitrogens with one attached hydrogen (secondary N) is 1. The molecule has 0 atom stereocenters. The van der Waals surface area contributed by atoms with E-state index < -0.39 is 0 Å². The topological polar surface area (TPSA) is 58.6 Å². The molecule has 16 heavy (non-hydrogen) atoms. The molecular formula is C10H7Cl2N3O. The summed E-state index contributed by atoms with van der Waals surface area (Å²) in [6.07, 6.45) is 1.51. The number of nitrogens with zero attached hydrogens (tertiary/aromatic N) is 2. The molecule has 0 saturated heterocycles. The summed E-state index contributed by atoms with van der Waals surface area (Å²) >= 11 is 11.6. The van der Waals surface area contributed by atoms with Crippen molar-refractivity contribution in [3.05, 3.63) is 46.0 Å². The number of hydrogen-bond acceptors (Lipinski definition) is 3. The third kappa shape index (κ3) is 2.40. The Morgan fingerprint density at radius 1 is 1.31 bits per heavy atom. The van der Waals surface area contributed by atoms with Gasteiger partial charge in [0.05, 0.1) is 10.0 Å². The largest absolute Gasteiger partial charge is 0.290 e. The standard InChI is InChI=1S/C10H7Cl2N3O/c11-7-2-1-6(3-8(7)12)4-9(16)10-13-5-14-15-10/h1-3,5H,4H2,(H,13,14,15). The lowest BCUT2D eigenvalue weighted by Crippen LogP contribution is -2.05. The van der Waals surface area contributed by atoms with Crippen molar-refractivity contribution < 1.29 is 4.79 Å². The molecule has 4 nitrogen and oxygen atoms in total. The van der Waals surface area contributed by atoms with Crippen LogP contribution >= 0.6 is 23.2 Å². The lowest BCUT2D eigenvalue weighted by atomic mass is 10.1. The van der Waals surface area contributed by atoms with E-state index in [1.165, 1.54) is 6.33 Å². The minimum absolute atomic E-state index is 0.143. The van der Waals surface area contributed by atoms with Gasteiger partial charge in [0.1, 0.15) is 6.33 Å². The van der Waals surface area contributed by atoms with E-state index in [0.29, 0.717) is 10.0 Å². The number of aromatic nitrogens is 3. The normalized spacial score (nSPS) is 10.4. The fraction of sp³-hybridized carbons (Fsp3) is 0.100. The van der Waals surface area contributed by atoms with Crippen LogP contribution < -0.4 is 0 Å². The van der Waals surface area contributed by atoms with Gasteiger partial charge in [0.25, 0.3) is 0 Å². The van der Waals surface area contributed by atoms with Crippen LogP contribution in [0.3, 0.4) is 0 Å². The molecule has 0 unspecified atom stereocenters. The number of H-pyrrole nitrogens is 1. The highest BCUT2D eigenvalue weighted by atomic mass is 35.5. The predicted molar refractivity (Wildman–Crippen MR) is 60.9 cm³/mol. The second kappa shape index (κ2) is 4.63. The maximum atomic E-state index is 11.7.